The second-order valence-electron chi connectivity index (χ2n) is 3.59. The lowest BCUT2D eigenvalue weighted by molar-refractivity contribution is 0.414. The molecule has 0 heterocycles. The minimum absolute atomic E-state index is 0.244. The maximum absolute atomic E-state index is 5.84. The van der Waals surface area contributed by atoms with Crippen LogP contribution in [0.15, 0.2) is 24.3 Å². The molecule has 0 fully saturated rings. The zero-order valence-corrected chi connectivity index (χ0v) is 10.1. The van der Waals surface area contributed by atoms with Crippen molar-refractivity contribution in [2.45, 2.75) is 25.3 Å². The Balaban J connectivity index is 2.25. The van der Waals surface area contributed by atoms with Crippen LogP contribution in [-0.4, -0.2) is 19.0 Å². The molecule has 0 aliphatic heterocycles. The highest BCUT2D eigenvalue weighted by Crippen LogP contribution is 2.10. The summed E-state index contributed by atoms with van der Waals surface area (Å²) >= 11 is 5.84. The molecule has 0 radical (unpaired) electrons. The van der Waals surface area contributed by atoms with E-state index < -0.39 is 0 Å². The van der Waals surface area contributed by atoms with Gasteiger partial charge in [-0.15, -0.1) is 11.6 Å². The Morgan fingerprint density at radius 3 is 2.53 bits per heavy atom. The van der Waals surface area contributed by atoms with Crippen molar-refractivity contribution in [1.29, 1.82) is 0 Å². The van der Waals surface area contributed by atoms with Gasteiger partial charge in [0.25, 0.3) is 0 Å². The van der Waals surface area contributed by atoms with Crippen LogP contribution in [0, 0.1) is 0 Å². The van der Waals surface area contributed by atoms with Crippen LogP contribution in [0.3, 0.4) is 0 Å². The Kier molecular flexibility index (Phi) is 5.51. The van der Waals surface area contributed by atoms with Crippen molar-refractivity contribution < 1.29 is 4.74 Å². The normalized spacial score (nSPS) is 12.5. The van der Waals surface area contributed by atoms with Gasteiger partial charge in [-0.1, -0.05) is 12.1 Å². The van der Waals surface area contributed by atoms with Crippen molar-refractivity contribution >= 4 is 11.6 Å². The molecule has 1 atom stereocenters. The van der Waals surface area contributed by atoms with E-state index in [1.54, 1.807) is 7.11 Å². The molecule has 0 aliphatic carbocycles. The Morgan fingerprint density at radius 1 is 1.33 bits per heavy atom. The third-order valence-corrected chi connectivity index (χ3v) is 2.43. The smallest absolute Gasteiger partial charge is 0.118 e. The predicted octanol–water partition coefficient (Wildman–Crippen LogP) is 2.80. The van der Waals surface area contributed by atoms with Gasteiger partial charge in [0.05, 0.1) is 7.11 Å². The van der Waals surface area contributed by atoms with Crippen molar-refractivity contribution in [1.82, 2.24) is 5.32 Å². The van der Waals surface area contributed by atoms with Crippen LogP contribution >= 0.6 is 11.6 Å². The summed E-state index contributed by atoms with van der Waals surface area (Å²) in [6, 6.07) is 8.08. The molecule has 2 nitrogen and oxygen atoms in total. The quantitative estimate of drug-likeness (QED) is 0.596. The monoisotopic (exact) mass is 227 g/mol. The summed E-state index contributed by atoms with van der Waals surface area (Å²) in [5, 5.41) is 3.59. The first kappa shape index (κ1) is 12.3. The van der Waals surface area contributed by atoms with E-state index in [1.165, 1.54) is 5.56 Å². The summed E-state index contributed by atoms with van der Waals surface area (Å²) in [7, 11) is 1.68. The zero-order valence-electron chi connectivity index (χ0n) is 9.29. The predicted molar refractivity (Wildman–Crippen MR) is 64.6 cm³/mol. The van der Waals surface area contributed by atoms with Crippen LogP contribution in [0.25, 0.3) is 0 Å². The highest BCUT2D eigenvalue weighted by molar-refractivity contribution is 6.20. The molecule has 0 aliphatic rings. The number of nitrogens with one attached hydrogen (secondary N) is 1. The maximum atomic E-state index is 5.84. The van der Waals surface area contributed by atoms with E-state index in [1.807, 2.05) is 19.1 Å². The Hall–Kier alpha value is -0.730. The van der Waals surface area contributed by atoms with E-state index in [2.05, 4.69) is 17.4 Å². The van der Waals surface area contributed by atoms with E-state index >= 15 is 0 Å². The molecule has 0 saturated heterocycles. The number of ether oxygens (including phenoxy) is 1. The van der Waals surface area contributed by atoms with Gasteiger partial charge in [0.1, 0.15) is 5.75 Å². The second kappa shape index (κ2) is 6.70. The first-order valence-electron chi connectivity index (χ1n) is 5.20. The molecule has 1 aromatic rings. The van der Waals surface area contributed by atoms with Crippen molar-refractivity contribution in [3.63, 3.8) is 0 Å². The van der Waals surface area contributed by atoms with Gasteiger partial charge in [-0.25, -0.2) is 0 Å². The summed E-state index contributed by atoms with van der Waals surface area (Å²) in [6.07, 6.45) is 0.998. The molecule has 84 valence electrons. The largest absolute Gasteiger partial charge is 0.497 e. The molecule has 3 heteroatoms. The molecule has 1 aromatic carbocycles. The van der Waals surface area contributed by atoms with Gasteiger partial charge in [0, 0.05) is 11.9 Å². The molecule has 1 rings (SSSR count). The van der Waals surface area contributed by atoms with Gasteiger partial charge in [-0.3, -0.25) is 0 Å². The minimum atomic E-state index is 0.244. The number of methoxy groups -OCH3 is 1. The summed E-state index contributed by atoms with van der Waals surface area (Å²) in [5.74, 6) is 0.896. The van der Waals surface area contributed by atoms with E-state index in [0.29, 0.717) is 0 Å². The fourth-order valence-corrected chi connectivity index (χ4v) is 1.39. The molecular formula is C12H18ClNO. The fraction of sp³-hybridized carbons (Fsp3) is 0.500. The average Bonchev–Trinajstić information content (AvgIpc) is 2.25. The first-order valence-corrected chi connectivity index (χ1v) is 5.63. The van der Waals surface area contributed by atoms with Crippen LogP contribution in [0.2, 0.25) is 0 Å². The summed E-state index contributed by atoms with van der Waals surface area (Å²) < 4.78 is 5.09. The van der Waals surface area contributed by atoms with Crippen LogP contribution in [0.1, 0.15) is 18.9 Å². The van der Waals surface area contributed by atoms with Crippen LogP contribution in [0.5, 0.6) is 5.75 Å². The van der Waals surface area contributed by atoms with Gasteiger partial charge in [0.15, 0.2) is 0 Å². The minimum Gasteiger partial charge on any atom is -0.497 e. The molecule has 0 bridgehead atoms. The maximum Gasteiger partial charge on any atom is 0.118 e. The average molecular weight is 228 g/mol. The number of rotatable bonds is 6. The van der Waals surface area contributed by atoms with Gasteiger partial charge >= 0.3 is 0 Å². The Labute approximate surface area is 96.6 Å². The highest BCUT2D eigenvalue weighted by atomic mass is 35.5. The number of hydrogen-bond donors (Lipinski definition) is 1. The van der Waals surface area contributed by atoms with E-state index in [4.69, 9.17) is 16.3 Å². The Bertz CT molecular complexity index is 271. The van der Waals surface area contributed by atoms with Crippen LogP contribution in [0.4, 0.5) is 0 Å². The zero-order chi connectivity index (χ0) is 11.1. The fourth-order valence-electron chi connectivity index (χ4n) is 1.28. The third-order valence-electron chi connectivity index (χ3n) is 2.21. The molecule has 0 spiro atoms. The third kappa shape index (κ3) is 5.05. The van der Waals surface area contributed by atoms with Gasteiger partial charge in [0.2, 0.25) is 0 Å². The van der Waals surface area contributed by atoms with E-state index in [0.717, 1.165) is 25.3 Å². The van der Waals surface area contributed by atoms with Crippen LogP contribution < -0.4 is 10.1 Å². The lowest BCUT2D eigenvalue weighted by Crippen LogP contribution is -2.16. The molecular weight excluding hydrogens is 210 g/mol. The SMILES string of the molecule is COc1ccc(CNCCC(C)Cl)cc1. The van der Waals surface area contributed by atoms with Crippen molar-refractivity contribution in [2.24, 2.45) is 0 Å². The van der Waals surface area contributed by atoms with Crippen molar-refractivity contribution in [3.8, 4) is 5.75 Å². The standard InChI is InChI=1S/C12H18ClNO/c1-10(13)7-8-14-9-11-3-5-12(15-2)6-4-11/h3-6,10,14H,7-9H2,1-2H3. The molecule has 1 N–H and O–H groups in total. The van der Waals surface area contributed by atoms with Gasteiger partial charge < -0.3 is 10.1 Å². The van der Waals surface area contributed by atoms with E-state index in [-0.39, 0.29) is 5.38 Å². The summed E-state index contributed by atoms with van der Waals surface area (Å²) in [5.41, 5.74) is 1.26. The highest BCUT2D eigenvalue weighted by Gasteiger charge is 1.96. The first-order chi connectivity index (χ1) is 7.22. The lowest BCUT2D eigenvalue weighted by Gasteiger charge is -2.06. The number of halogens is 1. The topological polar surface area (TPSA) is 21.3 Å². The van der Waals surface area contributed by atoms with Gasteiger partial charge in [-0.2, -0.15) is 0 Å². The molecule has 0 amide bonds. The molecule has 0 aromatic heterocycles. The number of benzene rings is 1. The summed E-state index contributed by atoms with van der Waals surface area (Å²) in [6.45, 7) is 3.85. The van der Waals surface area contributed by atoms with Crippen molar-refractivity contribution in [3.05, 3.63) is 29.8 Å². The second-order valence-corrected chi connectivity index (χ2v) is 4.34. The lowest BCUT2D eigenvalue weighted by atomic mass is 10.2. The molecule has 15 heavy (non-hydrogen) atoms. The van der Waals surface area contributed by atoms with Crippen molar-refractivity contribution in [2.75, 3.05) is 13.7 Å². The number of alkyl halides is 1. The van der Waals surface area contributed by atoms with Crippen LogP contribution in [-0.2, 0) is 6.54 Å². The van der Waals surface area contributed by atoms with E-state index in [9.17, 15) is 0 Å². The summed E-state index contributed by atoms with van der Waals surface area (Å²) in [4.78, 5) is 0. The van der Waals surface area contributed by atoms with Gasteiger partial charge in [-0.05, 0) is 37.6 Å². The molecule has 0 saturated carbocycles. The number of hydrogen-bond acceptors (Lipinski definition) is 2. The molecule has 1 unspecified atom stereocenters. The Morgan fingerprint density at radius 2 is 2.00 bits per heavy atom.